The summed E-state index contributed by atoms with van der Waals surface area (Å²) in [6.07, 6.45) is 6.31. The van der Waals surface area contributed by atoms with E-state index < -0.39 is 0 Å². The summed E-state index contributed by atoms with van der Waals surface area (Å²) in [6.45, 7) is 0.505. The van der Waals surface area contributed by atoms with E-state index in [1.807, 2.05) is 6.07 Å². The lowest BCUT2D eigenvalue weighted by molar-refractivity contribution is 0.0954. The minimum atomic E-state index is -0.251. The maximum Gasteiger partial charge on any atom is 0.252 e. The zero-order valence-corrected chi connectivity index (χ0v) is 12.2. The first-order chi connectivity index (χ1) is 10.7. The summed E-state index contributed by atoms with van der Waals surface area (Å²) in [5, 5.41) is 6.18. The number of hydrogen-bond acceptors (Lipinski definition) is 3. The Kier molecular flexibility index (Phi) is 4.32. The zero-order chi connectivity index (χ0) is 15.4. The van der Waals surface area contributed by atoms with E-state index in [9.17, 15) is 9.18 Å². The van der Waals surface area contributed by atoms with Gasteiger partial charge in [0.1, 0.15) is 5.82 Å². The molecule has 1 saturated carbocycles. The van der Waals surface area contributed by atoms with Crippen molar-refractivity contribution in [2.75, 3.05) is 11.9 Å². The van der Waals surface area contributed by atoms with Crippen molar-refractivity contribution in [3.63, 3.8) is 0 Å². The average molecular weight is 299 g/mol. The van der Waals surface area contributed by atoms with Gasteiger partial charge in [0, 0.05) is 25.0 Å². The van der Waals surface area contributed by atoms with E-state index in [1.54, 1.807) is 24.5 Å². The van der Waals surface area contributed by atoms with Crippen LogP contribution in [-0.4, -0.2) is 23.5 Å². The number of benzene rings is 1. The molecule has 0 unspecified atom stereocenters. The first-order valence-electron chi connectivity index (χ1n) is 7.45. The van der Waals surface area contributed by atoms with Crippen molar-refractivity contribution < 1.29 is 9.18 Å². The molecule has 1 aromatic heterocycles. The molecule has 3 rings (SSSR count). The molecule has 1 aromatic carbocycles. The Bertz CT molecular complexity index is 653. The third-order valence-electron chi connectivity index (χ3n) is 3.56. The highest BCUT2D eigenvalue weighted by Crippen LogP contribution is 2.24. The van der Waals surface area contributed by atoms with Gasteiger partial charge in [-0.2, -0.15) is 0 Å². The number of amides is 1. The molecule has 0 saturated heterocycles. The van der Waals surface area contributed by atoms with Gasteiger partial charge < -0.3 is 10.6 Å². The molecule has 1 fully saturated rings. The molecule has 1 aliphatic carbocycles. The lowest BCUT2D eigenvalue weighted by Gasteiger charge is -2.08. The minimum Gasteiger partial charge on any atom is -0.381 e. The third kappa shape index (κ3) is 4.04. The van der Waals surface area contributed by atoms with E-state index in [2.05, 4.69) is 15.6 Å². The molecule has 0 bridgehead atoms. The number of carbonyl (C=O) groups is 1. The van der Waals surface area contributed by atoms with E-state index in [0.717, 1.165) is 11.3 Å². The Hall–Kier alpha value is -2.43. The van der Waals surface area contributed by atoms with Crippen LogP contribution < -0.4 is 10.6 Å². The summed E-state index contributed by atoms with van der Waals surface area (Å²) < 4.78 is 12.8. The predicted octanol–water partition coefficient (Wildman–Crippen LogP) is 2.77. The van der Waals surface area contributed by atoms with Gasteiger partial charge in [0.05, 0.1) is 11.3 Å². The monoisotopic (exact) mass is 299 g/mol. The second-order valence-electron chi connectivity index (χ2n) is 5.51. The van der Waals surface area contributed by atoms with Crippen molar-refractivity contribution in [3.8, 4) is 0 Å². The van der Waals surface area contributed by atoms with E-state index in [1.165, 1.54) is 25.0 Å². The molecule has 0 aliphatic heterocycles. The van der Waals surface area contributed by atoms with Gasteiger partial charge in [0.25, 0.3) is 5.91 Å². The maximum atomic E-state index is 12.8. The fourth-order valence-electron chi connectivity index (χ4n) is 2.18. The highest BCUT2D eigenvalue weighted by molar-refractivity contribution is 5.94. The predicted molar refractivity (Wildman–Crippen MR) is 83.3 cm³/mol. The Labute approximate surface area is 128 Å². The zero-order valence-electron chi connectivity index (χ0n) is 12.2. The van der Waals surface area contributed by atoms with Crippen LogP contribution >= 0.6 is 0 Å². The first-order valence-corrected chi connectivity index (χ1v) is 7.45. The van der Waals surface area contributed by atoms with Crippen molar-refractivity contribution in [1.82, 2.24) is 10.3 Å². The molecular weight excluding hydrogens is 281 g/mol. The molecule has 2 N–H and O–H groups in total. The number of anilines is 1. The average Bonchev–Trinajstić information content (AvgIpc) is 3.33. The molecule has 1 amide bonds. The summed E-state index contributed by atoms with van der Waals surface area (Å²) in [7, 11) is 0. The molecule has 1 heterocycles. The standard InChI is InChI=1S/C17H18FN3O/c18-14-3-1-12(2-4-14)7-8-20-17(22)13-9-16(11-19-10-13)21-15-5-6-15/h1-4,9-11,15,21H,5-8H2,(H,20,22). The van der Waals surface area contributed by atoms with Crippen molar-refractivity contribution >= 4 is 11.6 Å². The molecule has 5 heteroatoms. The van der Waals surface area contributed by atoms with Crippen LogP contribution in [0.1, 0.15) is 28.8 Å². The summed E-state index contributed by atoms with van der Waals surface area (Å²) >= 11 is 0. The fraction of sp³-hybridized carbons (Fsp3) is 0.294. The molecular formula is C17H18FN3O. The smallest absolute Gasteiger partial charge is 0.252 e. The van der Waals surface area contributed by atoms with Crippen LogP contribution in [0.3, 0.4) is 0 Å². The molecule has 0 radical (unpaired) electrons. The SMILES string of the molecule is O=C(NCCc1ccc(F)cc1)c1cncc(NC2CC2)c1. The van der Waals surface area contributed by atoms with E-state index in [0.29, 0.717) is 24.6 Å². The summed E-state index contributed by atoms with van der Waals surface area (Å²) in [4.78, 5) is 16.2. The third-order valence-corrected chi connectivity index (χ3v) is 3.56. The van der Waals surface area contributed by atoms with Crippen LogP contribution in [0.2, 0.25) is 0 Å². The van der Waals surface area contributed by atoms with E-state index >= 15 is 0 Å². The number of hydrogen-bond donors (Lipinski definition) is 2. The van der Waals surface area contributed by atoms with Crippen LogP contribution in [0.4, 0.5) is 10.1 Å². The van der Waals surface area contributed by atoms with Gasteiger partial charge in [-0.1, -0.05) is 12.1 Å². The van der Waals surface area contributed by atoms with Crippen molar-refractivity contribution in [1.29, 1.82) is 0 Å². The lowest BCUT2D eigenvalue weighted by Crippen LogP contribution is -2.26. The normalized spacial score (nSPS) is 13.7. The van der Waals surface area contributed by atoms with Gasteiger partial charge in [-0.05, 0) is 43.0 Å². The van der Waals surface area contributed by atoms with Gasteiger partial charge in [-0.3, -0.25) is 9.78 Å². The van der Waals surface area contributed by atoms with Gasteiger partial charge in [-0.25, -0.2) is 4.39 Å². The highest BCUT2D eigenvalue weighted by atomic mass is 19.1. The van der Waals surface area contributed by atoms with E-state index in [-0.39, 0.29) is 11.7 Å². The van der Waals surface area contributed by atoms with Gasteiger partial charge in [0.2, 0.25) is 0 Å². The Balaban J connectivity index is 1.51. The lowest BCUT2D eigenvalue weighted by atomic mass is 10.1. The summed E-state index contributed by atoms with van der Waals surface area (Å²) in [5.41, 5.74) is 2.42. The fourth-order valence-corrected chi connectivity index (χ4v) is 2.18. The molecule has 2 aromatic rings. The Morgan fingerprint density at radius 3 is 2.73 bits per heavy atom. The molecule has 0 spiro atoms. The number of nitrogens with one attached hydrogen (secondary N) is 2. The largest absolute Gasteiger partial charge is 0.381 e. The number of nitrogens with zero attached hydrogens (tertiary/aromatic N) is 1. The van der Waals surface area contributed by atoms with Crippen LogP contribution in [0, 0.1) is 5.82 Å². The number of aromatic nitrogens is 1. The molecule has 114 valence electrons. The number of rotatable bonds is 6. The van der Waals surface area contributed by atoms with Crippen molar-refractivity contribution in [2.45, 2.75) is 25.3 Å². The van der Waals surface area contributed by atoms with Crippen LogP contribution in [-0.2, 0) is 6.42 Å². The molecule has 1 aliphatic rings. The van der Waals surface area contributed by atoms with E-state index in [4.69, 9.17) is 0 Å². The van der Waals surface area contributed by atoms with Gasteiger partial charge in [-0.15, -0.1) is 0 Å². The highest BCUT2D eigenvalue weighted by Gasteiger charge is 2.21. The van der Waals surface area contributed by atoms with Crippen LogP contribution in [0.15, 0.2) is 42.7 Å². The summed E-state index contributed by atoms with van der Waals surface area (Å²) in [6, 6.07) is 8.64. The van der Waals surface area contributed by atoms with Gasteiger partial charge in [0.15, 0.2) is 0 Å². The maximum absolute atomic E-state index is 12.8. The quantitative estimate of drug-likeness (QED) is 0.862. The first kappa shape index (κ1) is 14.5. The van der Waals surface area contributed by atoms with Crippen molar-refractivity contribution in [3.05, 3.63) is 59.7 Å². The topological polar surface area (TPSA) is 54.0 Å². The second-order valence-corrected chi connectivity index (χ2v) is 5.51. The van der Waals surface area contributed by atoms with Gasteiger partial charge >= 0.3 is 0 Å². The Morgan fingerprint density at radius 2 is 2.00 bits per heavy atom. The number of halogens is 1. The number of carbonyl (C=O) groups excluding carboxylic acids is 1. The van der Waals surface area contributed by atoms with Crippen molar-refractivity contribution in [2.24, 2.45) is 0 Å². The molecule has 22 heavy (non-hydrogen) atoms. The van der Waals surface area contributed by atoms with Crippen LogP contribution in [0.25, 0.3) is 0 Å². The number of pyridine rings is 1. The summed E-state index contributed by atoms with van der Waals surface area (Å²) in [5.74, 6) is -0.395. The minimum absolute atomic E-state index is 0.144. The molecule has 0 atom stereocenters. The second kappa shape index (κ2) is 6.56. The Morgan fingerprint density at radius 1 is 1.23 bits per heavy atom. The van der Waals surface area contributed by atoms with Crippen LogP contribution in [0.5, 0.6) is 0 Å². The molecule has 4 nitrogen and oxygen atoms in total.